The number of fused-ring (bicyclic) bond motifs is 1. The zero-order chi connectivity index (χ0) is 12.6. The second-order valence-corrected chi connectivity index (χ2v) is 4.27. The number of carboxylic acids is 1. The number of anilines is 2. The van der Waals surface area contributed by atoms with Crippen molar-refractivity contribution in [2.45, 2.75) is 19.9 Å². The summed E-state index contributed by atoms with van der Waals surface area (Å²) in [6.45, 7) is 4.19. The van der Waals surface area contributed by atoms with Gasteiger partial charge in [-0.3, -0.25) is 4.79 Å². The van der Waals surface area contributed by atoms with Gasteiger partial charge < -0.3 is 15.3 Å². The summed E-state index contributed by atoms with van der Waals surface area (Å²) in [6.07, 6.45) is 0. The molecule has 0 spiro atoms. The maximum atomic E-state index is 11.6. The summed E-state index contributed by atoms with van der Waals surface area (Å²) in [5, 5.41) is 11.7. The van der Waals surface area contributed by atoms with Gasteiger partial charge in [-0.1, -0.05) is 6.07 Å². The standard InChI is InChI=1S/C12H14N2O3/c1-7(2)14-6-10(15)13-11-8(12(16)17)4-3-5-9(11)14/h3-5,7H,6H2,1-2H3,(H,13,15)(H,16,17). The van der Waals surface area contributed by atoms with Gasteiger partial charge in [-0.15, -0.1) is 0 Å². The predicted molar refractivity (Wildman–Crippen MR) is 64.5 cm³/mol. The summed E-state index contributed by atoms with van der Waals surface area (Å²) in [4.78, 5) is 24.5. The summed E-state index contributed by atoms with van der Waals surface area (Å²) < 4.78 is 0. The van der Waals surface area contributed by atoms with Crippen molar-refractivity contribution in [3.63, 3.8) is 0 Å². The van der Waals surface area contributed by atoms with E-state index in [9.17, 15) is 9.59 Å². The van der Waals surface area contributed by atoms with Gasteiger partial charge in [0.05, 0.1) is 23.5 Å². The van der Waals surface area contributed by atoms with E-state index < -0.39 is 5.97 Å². The molecule has 0 aliphatic carbocycles. The predicted octanol–water partition coefficient (Wildman–Crippen LogP) is 1.55. The molecule has 5 heteroatoms. The molecule has 0 unspecified atom stereocenters. The van der Waals surface area contributed by atoms with Crippen molar-refractivity contribution >= 4 is 23.3 Å². The summed E-state index contributed by atoms with van der Waals surface area (Å²) in [6, 6.07) is 5.14. The molecule has 0 saturated heterocycles. The number of rotatable bonds is 2. The van der Waals surface area contributed by atoms with E-state index in [1.165, 1.54) is 6.07 Å². The first-order valence-corrected chi connectivity index (χ1v) is 5.43. The molecule has 2 N–H and O–H groups in total. The van der Waals surface area contributed by atoms with Crippen LogP contribution in [0.1, 0.15) is 24.2 Å². The van der Waals surface area contributed by atoms with Crippen LogP contribution in [0.15, 0.2) is 18.2 Å². The Bertz CT molecular complexity index is 483. The molecule has 1 aliphatic rings. The Morgan fingerprint density at radius 2 is 2.18 bits per heavy atom. The topological polar surface area (TPSA) is 69.6 Å². The van der Waals surface area contributed by atoms with Crippen LogP contribution in [0, 0.1) is 0 Å². The van der Waals surface area contributed by atoms with Crippen molar-refractivity contribution in [3.8, 4) is 0 Å². The van der Waals surface area contributed by atoms with Gasteiger partial charge in [0.1, 0.15) is 0 Å². The molecule has 2 rings (SSSR count). The Balaban J connectivity index is 2.57. The number of hydrogen-bond donors (Lipinski definition) is 2. The fourth-order valence-corrected chi connectivity index (χ4v) is 1.97. The SMILES string of the molecule is CC(C)N1CC(=O)Nc2c(C(=O)O)cccc21. The molecule has 0 saturated carbocycles. The number of nitrogens with zero attached hydrogens (tertiary/aromatic N) is 1. The van der Waals surface area contributed by atoms with Gasteiger partial charge in [0, 0.05) is 6.04 Å². The number of hydrogen-bond acceptors (Lipinski definition) is 3. The highest BCUT2D eigenvalue weighted by Crippen LogP contribution is 2.33. The van der Waals surface area contributed by atoms with Crippen LogP contribution < -0.4 is 10.2 Å². The van der Waals surface area contributed by atoms with Gasteiger partial charge >= 0.3 is 5.97 Å². The van der Waals surface area contributed by atoms with Crippen LogP contribution in [0.4, 0.5) is 11.4 Å². The van der Waals surface area contributed by atoms with E-state index in [1.807, 2.05) is 24.8 Å². The highest BCUT2D eigenvalue weighted by Gasteiger charge is 2.27. The average Bonchev–Trinajstić information content (AvgIpc) is 2.26. The fraction of sp³-hybridized carbons (Fsp3) is 0.333. The van der Waals surface area contributed by atoms with Crippen molar-refractivity contribution in [3.05, 3.63) is 23.8 Å². The maximum Gasteiger partial charge on any atom is 0.337 e. The van der Waals surface area contributed by atoms with Crippen molar-refractivity contribution in [2.24, 2.45) is 0 Å². The molecular formula is C12H14N2O3. The lowest BCUT2D eigenvalue weighted by Gasteiger charge is -2.34. The molecule has 1 heterocycles. The normalized spacial score (nSPS) is 14.5. The minimum Gasteiger partial charge on any atom is -0.478 e. The number of nitrogens with one attached hydrogen (secondary N) is 1. The van der Waals surface area contributed by atoms with Crippen LogP contribution in [0.3, 0.4) is 0 Å². The van der Waals surface area contributed by atoms with Gasteiger partial charge in [-0.25, -0.2) is 4.79 Å². The largest absolute Gasteiger partial charge is 0.478 e. The van der Waals surface area contributed by atoms with E-state index in [0.717, 1.165) is 5.69 Å². The van der Waals surface area contributed by atoms with Crippen molar-refractivity contribution in [1.29, 1.82) is 0 Å². The highest BCUT2D eigenvalue weighted by molar-refractivity contribution is 6.08. The molecule has 90 valence electrons. The smallest absolute Gasteiger partial charge is 0.337 e. The van der Waals surface area contributed by atoms with Gasteiger partial charge in [-0.2, -0.15) is 0 Å². The number of benzene rings is 1. The lowest BCUT2D eigenvalue weighted by molar-refractivity contribution is -0.115. The van der Waals surface area contributed by atoms with E-state index in [1.54, 1.807) is 6.07 Å². The molecule has 5 nitrogen and oxygen atoms in total. The van der Waals surface area contributed by atoms with E-state index in [-0.39, 0.29) is 24.1 Å². The number of para-hydroxylation sites is 1. The summed E-state index contributed by atoms with van der Waals surface area (Å²) in [7, 11) is 0. The first-order chi connectivity index (χ1) is 8.00. The third-order valence-electron chi connectivity index (χ3n) is 2.78. The van der Waals surface area contributed by atoms with E-state index in [2.05, 4.69) is 5.32 Å². The Kier molecular flexibility index (Phi) is 2.75. The molecular weight excluding hydrogens is 220 g/mol. The van der Waals surface area contributed by atoms with E-state index in [0.29, 0.717) is 5.69 Å². The van der Waals surface area contributed by atoms with Crippen LogP contribution in [-0.2, 0) is 4.79 Å². The lowest BCUT2D eigenvalue weighted by Crippen LogP contribution is -2.42. The Hall–Kier alpha value is -2.04. The van der Waals surface area contributed by atoms with Crippen LogP contribution in [0.5, 0.6) is 0 Å². The number of aromatic carboxylic acids is 1. The van der Waals surface area contributed by atoms with Crippen LogP contribution >= 0.6 is 0 Å². The Morgan fingerprint density at radius 3 is 2.76 bits per heavy atom. The third kappa shape index (κ3) is 1.95. The summed E-state index contributed by atoms with van der Waals surface area (Å²) in [5.74, 6) is -1.22. The average molecular weight is 234 g/mol. The van der Waals surface area contributed by atoms with Gasteiger partial charge in [0.2, 0.25) is 5.91 Å². The molecule has 0 bridgehead atoms. The summed E-state index contributed by atoms with van der Waals surface area (Å²) in [5.41, 5.74) is 1.28. The van der Waals surface area contributed by atoms with Crippen LogP contribution in [0.25, 0.3) is 0 Å². The first-order valence-electron chi connectivity index (χ1n) is 5.43. The van der Waals surface area contributed by atoms with Crippen LogP contribution in [-0.4, -0.2) is 29.6 Å². The molecule has 0 atom stereocenters. The zero-order valence-electron chi connectivity index (χ0n) is 9.73. The second-order valence-electron chi connectivity index (χ2n) is 4.27. The van der Waals surface area contributed by atoms with Crippen LogP contribution in [0.2, 0.25) is 0 Å². The quantitative estimate of drug-likeness (QED) is 0.814. The Morgan fingerprint density at radius 1 is 1.47 bits per heavy atom. The van der Waals surface area contributed by atoms with E-state index in [4.69, 9.17) is 5.11 Å². The molecule has 0 radical (unpaired) electrons. The second kappa shape index (κ2) is 4.08. The first kappa shape index (κ1) is 11.4. The molecule has 1 aromatic rings. The van der Waals surface area contributed by atoms with Gasteiger partial charge in [0.15, 0.2) is 0 Å². The number of amides is 1. The maximum absolute atomic E-state index is 11.6. The zero-order valence-corrected chi connectivity index (χ0v) is 9.73. The fourth-order valence-electron chi connectivity index (χ4n) is 1.97. The van der Waals surface area contributed by atoms with Crippen molar-refractivity contribution < 1.29 is 14.7 Å². The molecule has 0 aromatic heterocycles. The monoisotopic (exact) mass is 234 g/mol. The number of carbonyl (C=O) groups excluding carboxylic acids is 1. The number of carboxylic acid groups (broad SMARTS) is 1. The van der Waals surface area contributed by atoms with E-state index >= 15 is 0 Å². The van der Waals surface area contributed by atoms with Gasteiger partial charge in [0.25, 0.3) is 0 Å². The Labute approximate surface area is 99.0 Å². The molecule has 1 aliphatic heterocycles. The minimum absolute atomic E-state index is 0.126. The highest BCUT2D eigenvalue weighted by atomic mass is 16.4. The molecule has 1 aromatic carbocycles. The van der Waals surface area contributed by atoms with Crippen molar-refractivity contribution in [1.82, 2.24) is 0 Å². The third-order valence-corrected chi connectivity index (χ3v) is 2.78. The minimum atomic E-state index is -1.03. The molecule has 1 amide bonds. The molecule has 0 fully saturated rings. The summed E-state index contributed by atoms with van der Waals surface area (Å²) >= 11 is 0. The molecule has 17 heavy (non-hydrogen) atoms. The van der Waals surface area contributed by atoms with Crippen molar-refractivity contribution in [2.75, 3.05) is 16.8 Å². The lowest BCUT2D eigenvalue weighted by atomic mass is 10.1. The number of carbonyl (C=O) groups is 2. The van der Waals surface area contributed by atoms with Gasteiger partial charge in [-0.05, 0) is 26.0 Å².